The molecule has 1 aliphatic carbocycles. The van der Waals surface area contributed by atoms with Gasteiger partial charge in [-0.15, -0.1) is 0 Å². The first-order chi connectivity index (χ1) is 13.0. The number of hydrogen-bond acceptors (Lipinski definition) is 6. The molecular weight excluding hydrogens is 382 g/mol. The summed E-state index contributed by atoms with van der Waals surface area (Å²) < 4.78 is 1.61. The summed E-state index contributed by atoms with van der Waals surface area (Å²) in [5, 5.41) is 0.492. The van der Waals surface area contributed by atoms with Gasteiger partial charge < -0.3 is 10.6 Å². The molecule has 0 bridgehead atoms. The van der Waals surface area contributed by atoms with Crippen molar-refractivity contribution < 1.29 is 0 Å². The van der Waals surface area contributed by atoms with Gasteiger partial charge in [0.1, 0.15) is 10.7 Å². The molecule has 4 rings (SSSR count). The minimum absolute atomic E-state index is 0.142. The van der Waals surface area contributed by atoms with Gasteiger partial charge >= 0.3 is 0 Å². The Morgan fingerprint density at radius 1 is 1.22 bits per heavy atom. The smallest absolute Gasteiger partial charge is 0.270 e. The van der Waals surface area contributed by atoms with E-state index in [9.17, 15) is 4.79 Å². The van der Waals surface area contributed by atoms with Crippen LogP contribution in [0.15, 0.2) is 33.0 Å². The standard InChI is InChI=1S/C19H24ClN5OS/c1-24-17(26)15(27-14-4-9-22-12-13(14)20)16(21)23-18(24)25-10-7-19(8-11-25)5-2-3-6-19/h4,9,12H,2-3,5-8,10-11,21H2,1H3. The molecule has 27 heavy (non-hydrogen) atoms. The number of piperidine rings is 1. The van der Waals surface area contributed by atoms with E-state index < -0.39 is 0 Å². The van der Waals surface area contributed by atoms with E-state index in [0.29, 0.717) is 21.3 Å². The van der Waals surface area contributed by atoms with Crippen molar-refractivity contribution in [3.8, 4) is 0 Å². The third-order valence-corrected chi connectivity index (χ3v) is 7.55. The first-order valence-electron chi connectivity index (χ1n) is 9.38. The third kappa shape index (κ3) is 3.55. The second kappa shape index (κ2) is 7.36. The fourth-order valence-corrected chi connectivity index (χ4v) is 5.43. The highest BCUT2D eigenvalue weighted by molar-refractivity contribution is 7.99. The lowest BCUT2D eigenvalue weighted by atomic mass is 9.77. The molecule has 0 atom stereocenters. The monoisotopic (exact) mass is 405 g/mol. The largest absolute Gasteiger partial charge is 0.382 e. The predicted octanol–water partition coefficient (Wildman–Crippen LogP) is 3.72. The third-order valence-electron chi connectivity index (χ3n) is 5.97. The minimum atomic E-state index is -0.142. The van der Waals surface area contributed by atoms with Gasteiger partial charge in [-0.25, -0.2) is 0 Å². The maximum Gasteiger partial charge on any atom is 0.270 e. The van der Waals surface area contributed by atoms with Crippen LogP contribution in [0, 0.1) is 5.41 Å². The van der Waals surface area contributed by atoms with E-state index in [1.54, 1.807) is 30.1 Å². The normalized spacial score (nSPS) is 19.0. The van der Waals surface area contributed by atoms with Gasteiger partial charge in [-0.3, -0.25) is 14.3 Å². The first kappa shape index (κ1) is 18.6. The topological polar surface area (TPSA) is 77.0 Å². The Morgan fingerprint density at radius 3 is 2.59 bits per heavy atom. The highest BCUT2D eigenvalue weighted by Crippen LogP contribution is 2.46. The summed E-state index contributed by atoms with van der Waals surface area (Å²) in [4.78, 5) is 24.9. The molecular formula is C19H24ClN5OS. The molecule has 2 aliphatic rings. The Balaban J connectivity index is 1.59. The molecule has 144 valence electrons. The number of hydrogen-bond donors (Lipinski definition) is 1. The van der Waals surface area contributed by atoms with Crippen molar-refractivity contribution in [1.82, 2.24) is 14.5 Å². The molecule has 0 aromatic carbocycles. The van der Waals surface area contributed by atoms with E-state index >= 15 is 0 Å². The number of nitrogen functional groups attached to an aromatic ring is 1. The number of nitrogens with two attached hydrogens (primary N) is 1. The van der Waals surface area contributed by atoms with E-state index in [4.69, 9.17) is 17.3 Å². The molecule has 1 saturated heterocycles. The molecule has 2 N–H and O–H groups in total. The van der Waals surface area contributed by atoms with Crippen LogP contribution in [0.1, 0.15) is 38.5 Å². The molecule has 0 radical (unpaired) electrons. The van der Waals surface area contributed by atoms with Crippen molar-refractivity contribution in [2.24, 2.45) is 12.5 Å². The molecule has 2 aromatic rings. The zero-order valence-corrected chi connectivity index (χ0v) is 17.0. The van der Waals surface area contributed by atoms with Crippen LogP contribution in [-0.4, -0.2) is 27.6 Å². The van der Waals surface area contributed by atoms with Gasteiger partial charge in [-0.2, -0.15) is 4.98 Å². The number of anilines is 2. The Labute approximate surface area is 168 Å². The first-order valence-corrected chi connectivity index (χ1v) is 10.6. The second-order valence-electron chi connectivity index (χ2n) is 7.59. The Kier molecular flexibility index (Phi) is 5.07. The van der Waals surface area contributed by atoms with E-state index in [1.165, 1.54) is 50.3 Å². The van der Waals surface area contributed by atoms with Crippen molar-refractivity contribution in [3.05, 3.63) is 33.8 Å². The molecule has 8 heteroatoms. The lowest BCUT2D eigenvalue weighted by Gasteiger charge is -2.40. The molecule has 2 aromatic heterocycles. The molecule has 1 aliphatic heterocycles. The molecule has 3 heterocycles. The van der Waals surface area contributed by atoms with Crippen LogP contribution in [0.25, 0.3) is 0 Å². The van der Waals surface area contributed by atoms with Crippen LogP contribution in [0.2, 0.25) is 5.02 Å². The van der Waals surface area contributed by atoms with Gasteiger partial charge in [-0.05, 0) is 37.2 Å². The molecule has 6 nitrogen and oxygen atoms in total. The lowest BCUT2D eigenvalue weighted by Crippen LogP contribution is -2.42. The van der Waals surface area contributed by atoms with Gasteiger partial charge in [0.2, 0.25) is 5.95 Å². The highest BCUT2D eigenvalue weighted by atomic mass is 35.5. The van der Waals surface area contributed by atoms with E-state index in [0.717, 1.165) is 18.0 Å². The van der Waals surface area contributed by atoms with E-state index in [2.05, 4.69) is 14.9 Å². The predicted molar refractivity (Wildman–Crippen MR) is 110 cm³/mol. The van der Waals surface area contributed by atoms with Crippen LogP contribution < -0.4 is 16.2 Å². The summed E-state index contributed by atoms with van der Waals surface area (Å²) in [6, 6.07) is 1.77. The van der Waals surface area contributed by atoms with Gasteiger partial charge in [0.15, 0.2) is 0 Å². The maximum atomic E-state index is 13.0. The number of nitrogens with zero attached hydrogens (tertiary/aromatic N) is 4. The summed E-state index contributed by atoms with van der Waals surface area (Å²) in [7, 11) is 1.77. The molecule has 2 fully saturated rings. The second-order valence-corrected chi connectivity index (χ2v) is 9.05. The van der Waals surface area contributed by atoms with Crippen molar-refractivity contribution >= 4 is 35.1 Å². The van der Waals surface area contributed by atoms with Gasteiger partial charge in [-0.1, -0.05) is 36.2 Å². The van der Waals surface area contributed by atoms with Crippen molar-refractivity contribution in [3.63, 3.8) is 0 Å². The van der Waals surface area contributed by atoms with Crippen LogP contribution >= 0.6 is 23.4 Å². The molecule has 0 unspecified atom stereocenters. The summed E-state index contributed by atoms with van der Waals surface area (Å²) >= 11 is 7.41. The van der Waals surface area contributed by atoms with Crippen molar-refractivity contribution in [1.29, 1.82) is 0 Å². The average molecular weight is 406 g/mol. The fraction of sp³-hybridized carbons (Fsp3) is 0.526. The van der Waals surface area contributed by atoms with E-state index in [-0.39, 0.29) is 11.4 Å². The number of rotatable bonds is 3. The van der Waals surface area contributed by atoms with Crippen LogP contribution in [0.3, 0.4) is 0 Å². The van der Waals surface area contributed by atoms with Gasteiger partial charge in [0.25, 0.3) is 5.56 Å². The summed E-state index contributed by atoms with van der Waals surface area (Å²) in [6.07, 6.45) is 10.9. The zero-order chi connectivity index (χ0) is 19.0. The minimum Gasteiger partial charge on any atom is -0.382 e. The Bertz CT molecular complexity index is 899. The van der Waals surface area contributed by atoms with E-state index in [1.807, 2.05) is 0 Å². The Hall–Kier alpha value is -1.73. The Morgan fingerprint density at radius 2 is 1.93 bits per heavy atom. The summed E-state index contributed by atoms with van der Waals surface area (Å²) in [5.41, 5.74) is 6.56. The number of pyridine rings is 1. The number of aromatic nitrogens is 3. The van der Waals surface area contributed by atoms with Crippen LogP contribution in [0.4, 0.5) is 11.8 Å². The van der Waals surface area contributed by atoms with Crippen LogP contribution in [0.5, 0.6) is 0 Å². The average Bonchev–Trinajstić information content (AvgIpc) is 3.12. The van der Waals surface area contributed by atoms with Gasteiger partial charge in [0.05, 0.1) is 5.02 Å². The molecule has 1 spiro atoms. The highest BCUT2D eigenvalue weighted by Gasteiger charge is 2.37. The quantitative estimate of drug-likeness (QED) is 0.838. The lowest BCUT2D eigenvalue weighted by molar-refractivity contribution is 0.225. The summed E-state index contributed by atoms with van der Waals surface area (Å²) in [6.45, 7) is 1.87. The van der Waals surface area contributed by atoms with Crippen molar-refractivity contribution in [2.45, 2.75) is 48.3 Å². The fourth-order valence-electron chi connectivity index (χ4n) is 4.33. The number of halogens is 1. The van der Waals surface area contributed by atoms with Gasteiger partial charge in [0, 0.05) is 37.4 Å². The zero-order valence-electron chi connectivity index (χ0n) is 15.4. The van der Waals surface area contributed by atoms with Crippen molar-refractivity contribution in [2.75, 3.05) is 23.7 Å². The van der Waals surface area contributed by atoms with Crippen LogP contribution in [-0.2, 0) is 7.05 Å². The maximum absolute atomic E-state index is 13.0. The molecule has 1 saturated carbocycles. The SMILES string of the molecule is Cn1c(N2CCC3(CCCC3)CC2)nc(N)c(Sc2ccncc2Cl)c1=O. The summed E-state index contributed by atoms with van der Waals surface area (Å²) in [5.74, 6) is 0.919. The molecule has 0 amide bonds.